The molecule has 2 unspecified atom stereocenters. The Bertz CT molecular complexity index is 628. The zero-order valence-electron chi connectivity index (χ0n) is 13.9. The first-order valence-corrected chi connectivity index (χ1v) is 8.32. The van der Waals surface area contributed by atoms with Gasteiger partial charge in [0, 0.05) is 23.4 Å². The predicted octanol–water partition coefficient (Wildman–Crippen LogP) is 4.15. The Kier molecular flexibility index (Phi) is 5.11. The van der Waals surface area contributed by atoms with Gasteiger partial charge in [0.2, 0.25) is 5.88 Å². The van der Waals surface area contributed by atoms with Crippen LogP contribution in [0.2, 0.25) is 0 Å². The van der Waals surface area contributed by atoms with Crippen molar-refractivity contribution < 1.29 is 9.47 Å². The molecule has 0 amide bonds. The molecular weight excluding hydrogens is 288 g/mol. The molecule has 1 saturated carbocycles. The lowest BCUT2D eigenvalue weighted by atomic mass is 9.76. The van der Waals surface area contributed by atoms with Gasteiger partial charge in [-0.15, -0.1) is 0 Å². The van der Waals surface area contributed by atoms with Crippen molar-refractivity contribution in [2.75, 3.05) is 13.7 Å². The third kappa shape index (κ3) is 3.81. The third-order valence-electron chi connectivity index (χ3n) is 4.65. The smallest absolute Gasteiger partial charge is 0.216 e. The first-order valence-electron chi connectivity index (χ1n) is 8.32. The molecule has 122 valence electrons. The molecule has 3 rings (SSSR count). The van der Waals surface area contributed by atoms with Crippen molar-refractivity contribution in [1.29, 1.82) is 0 Å². The molecule has 4 nitrogen and oxygen atoms in total. The van der Waals surface area contributed by atoms with E-state index >= 15 is 0 Å². The van der Waals surface area contributed by atoms with Gasteiger partial charge in [-0.1, -0.05) is 18.9 Å². The molecule has 1 aliphatic carbocycles. The molecular formula is C19H24N2O2. The number of hydrogen-bond donors (Lipinski definition) is 0. The molecule has 23 heavy (non-hydrogen) atoms. The maximum atomic E-state index is 6.00. The Morgan fingerprint density at radius 2 is 2.00 bits per heavy atom. The second-order valence-corrected chi connectivity index (χ2v) is 6.20. The van der Waals surface area contributed by atoms with Crippen LogP contribution in [0.25, 0.3) is 0 Å². The maximum absolute atomic E-state index is 6.00. The fourth-order valence-electron chi connectivity index (χ4n) is 3.42. The Balaban J connectivity index is 1.72. The summed E-state index contributed by atoms with van der Waals surface area (Å²) in [6, 6.07) is 8.11. The minimum Gasteiger partial charge on any atom is -0.492 e. The highest BCUT2D eigenvalue weighted by Crippen LogP contribution is 2.40. The van der Waals surface area contributed by atoms with Crippen LogP contribution in [0, 0.1) is 12.8 Å². The van der Waals surface area contributed by atoms with Gasteiger partial charge in [-0.3, -0.25) is 4.98 Å². The summed E-state index contributed by atoms with van der Waals surface area (Å²) in [5, 5.41) is 0. The van der Waals surface area contributed by atoms with Gasteiger partial charge in [0.25, 0.3) is 0 Å². The van der Waals surface area contributed by atoms with Crippen molar-refractivity contribution in [3.63, 3.8) is 0 Å². The molecule has 2 aromatic rings. The molecule has 0 radical (unpaired) electrons. The van der Waals surface area contributed by atoms with Crippen molar-refractivity contribution in [2.45, 2.75) is 38.5 Å². The zero-order valence-corrected chi connectivity index (χ0v) is 13.9. The van der Waals surface area contributed by atoms with Gasteiger partial charge in [0.1, 0.15) is 5.75 Å². The zero-order chi connectivity index (χ0) is 16.1. The number of ether oxygens (including phenoxy) is 2. The largest absolute Gasteiger partial charge is 0.492 e. The average Bonchev–Trinajstić information content (AvgIpc) is 2.61. The number of rotatable bonds is 5. The third-order valence-corrected chi connectivity index (χ3v) is 4.65. The Hall–Kier alpha value is -2.10. The van der Waals surface area contributed by atoms with Crippen LogP contribution in [0.4, 0.5) is 0 Å². The fourth-order valence-corrected chi connectivity index (χ4v) is 3.42. The van der Waals surface area contributed by atoms with E-state index in [0.29, 0.717) is 18.4 Å². The van der Waals surface area contributed by atoms with Crippen LogP contribution in [0.15, 0.2) is 36.7 Å². The maximum Gasteiger partial charge on any atom is 0.216 e. The summed E-state index contributed by atoms with van der Waals surface area (Å²) in [6.07, 6.45) is 8.46. The lowest BCUT2D eigenvalue weighted by molar-refractivity contribution is 0.183. The van der Waals surface area contributed by atoms with Crippen molar-refractivity contribution in [2.24, 2.45) is 5.92 Å². The van der Waals surface area contributed by atoms with Crippen LogP contribution >= 0.6 is 0 Å². The lowest BCUT2D eigenvalue weighted by Crippen LogP contribution is -2.24. The molecule has 1 aliphatic rings. The van der Waals surface area contributed by atoms with E-state index in [9.17, 15) is 0 Å². The number of hydrogen-bond acceptors (Lipinski definition) is 4. The summed E-state index contributed by atoms with van der Waals surface area (Å²) in [6.45, 7) is 2.70. The SMILES string of the molecule is COc1ncccc1C1CCCCC1COc1ccc(C)nc1. The number of pyridine rings is 2. The van der Waals surface area contributed by atoms with E-state index in [1.807, 2.05) is 25.1 Å². The van der Waals surface area contributed by atoms with Gasteiger partial charge in [-0.05, 0) is 43.9 Å². The van der Waals surface area contributed by atoms with Gasteiger partial charge >= 0.3 is 0 Å². The minimum absolute atomic E-state index is 0.450. The number of aromatic nitrogens is 2. The van der Waals surface area contributed by atoms with E-state index in [1.165, 1.54) is 31.2 Å². The van der Waals surface area contributed by atoms with E-state index < -0.39 is 0 Å². The molecule has 0 N–H and O–H groups in total. The Labute approximate surface area is 137 Å². The van der Waals surface area contributed by atoms with Crippen LogP contribution in [0.3, 0.4) is 0 Å². The summed E-state index contributed by atoms with van der Waals surface area (Å²) in [7, 11) is 1.69. The highest BCUT2D eigenvalue weighted by atomic mass is 16.5. The van der Waals surface area contributed by atoms with Crippen molar-refractivity contribution in [3.8, 4) is 11.6 Å². The second kappa shape index (κ2) is 7.44. The molecule has 2 aromatic heterocycles. The molecule has 0 saturated heterocycles. The Morgan fingerprint density at radius 3 is 2.78 bits per heavy atom. The van der Waals surface area contributed by atoms with Crippen LogP contribution in [-0.2, 0) is 0 Å². The molecule has 2 atom stereocenters. The van der Waals surface area contributed by atoms with E-state index in [0.717, 1.165) is 17.3 Å². The van der Waals surface area contributed by atoms with Gasteiger partial charge in [0.15, 0.2) is 0 Å². The summed E-state index contributed by atoms with van der Waals surface area (Å²) >= 11 is 0. The number of nitrogens with zero attached hydrogens (tertiary/aromatic N) is 2. The second-order valence-electron chi connectivity index (χ2n) is 6.20. The van der Waals surface area contributed by atoms with Crippen LogP contribution in [0.1, 0.15) is 42.9 Å². The summed E-state index contributed by atoms with van der Waals surface area (Å²) < 4.78 is 11.5. The van der Waals surface area contributed by atoms with Gasteiger partial charge in [0.05, 0.1) is 19.9 Å². The molecule has 1 fully saturated rings. The highest BCUT2D eigenvalue weighted by molar-refractivity contribution is 5.30. The average molecular weight is 312 g/mol. The van der Waals surface area contributed by atoms with Crippen LogP contribution < -0.4 is 9.47 Å². The van der Waals surface area contributed by atoms with E-state index in [2.05, 4.69) is 16.0 Å². The summed E-state index contributed by atoms with van der Waals surface area (Å²) in [4.78, 5) is 8.65. The van der Waals surface area contributed by atoms with Gasteiger partial charge < -0.3 is 9.47 Å². The molecule has 0 bridgehead atoms. The fraction of sp³-hybridized carbons (Fsp3) is 0.474. The van der Waals surface area contributed by atoms with Crippen molar-refractivity contribution >= 4 is 0 Å². The van der Waals surface area contributed by atoms with Crippen molar-refractivity contribution in [3.05, 3.63) is 47.9 Å². The first kappa shape index (κ1) is 15.8. The minimum atomic E-state index is 0.450. The van der Waals surface area contributed by atoms with E-state index in [1.54, 1.807) is 19.5 Å². The quantitative estimate of drug-likeness (QED) is 0.832. The normalized spacial score (nSPS) is 21.0. The predicted molar refractivity (Wildman–Crippen MR) is 90.0 cm³/mol. The van der Waals surface area contributed by atoms with Gasteiger partial charge in [-0.25, -0.2) is 4.98 Å². The molecule has 0 aliphatic heterocycles. The van der Waals surface area contributed by atoms with E-state index in [4.69, 9.17) is 9.47 Å². The number of aryl methyl sites for hydroxylation is 1. The Morgan fingerprint density at radius 1 is 1.13 bits per heavy atom. The molecule has 4 heteroatoms. The summed E-state index contributed by atoms with van der Waals surface area (Å²) in [5.41, 5.74) is 2.22. The molecule has 0 spiro atoms. The number of methoxy groups -OCH3 is 1. The monoisotopic (exact) mass is 312 g/mol. The van der Waals surface area contributed by atoms with E-state index in [-0.39, 0.29) is 0 Å². The lowest BCUT2D eigenvalue weighted by Gasteiger charge is -2.32. The van der Waals surface area contributed by atoms with Crippen LogP contribution in [0.5, 0.6) is 11.6 Å². The highest BCUT2D eigenvalue weighted by Gasteiger charge is 2.29. The summed E-state index contributed by atoms with van der Waals surface area (Å²) in [5.74, 6) is 2.54. The molecule has 0 aromatic carbocycles. The van der Waals surface area contributed by atoms with Gasteiger partial charge in [-0.2, -0.15) is 0 Å². The van der Waals surface area contributed by atoms with Crippen molar-refractivity contribution in [1.82, 2.24) is 9.97 Å². The molecule has 2 heterocycles. The topological polar surface area (TPSA) is 44.2 Å². The van der Waals surface area contributed by atoms with Crippen LogP contribution in [-0.4, -0.2) is 23.7 Å². The first-order chi connectivity index (χ1) is 11.3. The standard InChI is InChI=1S/C19H24N2O2/c1-14-9-10-16(12-21-14)23-13-15-6-3-4-7-17(15)18-8-5-11-20-19(18)22-2/h5,8-12,15,17H,3-4,6-7,13H2,1-2H3.